The molecule has 0 aliphatic rings. The highest BCUT2D eigenvalue weighted by molar-refractivity contribution is 5.90. The van der Waals surface area contributed by atoms with Crippen molar-refractivity contribution >= 4 is 5.97 Å². The zero-order valence-electron chi connectivity index (χ0n) is 22.5. The molecule has 0 aromatic heterocycles. The number of carbonyl (C=O) groups excluding carboxylic acids is 1. The van der Waals surface area contributed by atoms with E-state index in [0.29, 0.717) is 30.3 Å². The van der Waals surface area contributed by atoms with Gasteiger partial charge in [0.25, 0.3) is 0 Å². The maximum Gasteiger partial charge on any atom is 0.338 e. The van der Waals surface area contributed by atoms with Crippen LogP contribution in [0.2, 0.25) is 0 Å². The number of hydrogen-bond acceptors (Lipinski definition) is 4. The van der Waals surface area contributed by atoms with Crippen molar-refractivity contribution in [3.8, 4) is 11.5 Å². The zero-order chi connectivity index (χ0) is 24.7. The number of benzene rings is 1. The van der Waals surface area contributed by atoms with Crippen molar-refractivity contribution in [3.05, 3.63) is 23.8 Å². The van der Waals surface area contributed by atoms with Crippen LogP contribution in [0.25, 0.3) is 0 Å². The van der Waals surface area contributed by atoms with Gasteiger partial charge >= 0.3 is 5.97 Å². The van der Waals surface area contributed by atoms with Gasteiger partial charge < -0.3 is 14.2 Å². The predicted octanol–water partition coefficient (Wildman–Crippen LogP) is 9.29. The van der Waals surface area contributed by atoms with Gasteiger partial charge in [-0.3, -0.25) is 0 Å². The molecule has 0 saturated heterocycles. The first-order chi connectivity index (χ1) is 16.7. The van der Waals surface area contributed by atoms with E-state index in [9.17, 15) is 4.79 Å². The third-order valence-corrected chi connectivity index (χ3v) is 6.33. The lowest BCUT2D eigenvalue weighted by atomic mass is 10.1. The molecule has 0 radical (unpaired) electrons. The molecule has 0 saturated carbocycles. The number of rotatable bonds is 23. The first-order valence-corrected chi connectivity index (χ1v) is 14.2. The molecule has 0 aliphatic carbocycles. The minimum absolute atomic E-state index is 0.360. The quantitative estimate of drug-likeness (QED) is 0.117. The van der Waals surface area contributed by atoms with Crippen molar-refractivity contribution in [2.24, 2.45) is 0 Å². The molecule has 0 spiro atoms. The minimum Gasteiger partial charge on any atom is -0.493 e. The molecule has 1 rings (SSSR count). The van der Waals surface area contributed by atoms with Crippen LogP contribution in [0.3, 0.4) is 0 Å². The van der Waals surface area contributed by atoms with Crippen LogP contribution in [0.1, 0.15) is 140 Å². The highest BCUT2D eigenvalue weighted by Gasteiger charge is 2.11. The van der Waals surface area contributed by atoms with Gasteiger partial charge in [-0.2, -0.15) is 0 Å². The van der Waals surface area contributed by atoms with Crippen LogP contribution in [0, 0.1) is 0 Å². The lowest BCUT2D eigenvalue weighted by Crippen LogP contribution is -2.05. The standard InChI is InChI=1S/C30H52O4/c1-4-6-8-10-12-14-16-18-20-22-33-28-24-27(30(31)32-3)25-29(26-28)34-23-21-19-17-15-13-11-9-7-5-2/h24-26H,4-23H2,1-3H3. The molecule has 34 heavy (non-hydrogen) atoms. The highest BCUT2D eigenvalue weighted by Crippen LogP contribution is 2.24. The monoisotopic (exact) mass is 476 g/mol. The van der Waals surface area contributed by atoms with E-state index in [-0.39, 0.29) is 5.97 Å². The van der Waals surface area contributed by atoms with Crippen molar-refractivity contribution in [2.75, 3.05) is 20.3 Å². The Bertz CT molecular complexity index is 572. The molecule has 1 aromatic rings. The summed E-state index contributed by atoms with van der Waals surface area (Å²) in [5, 5.41) is 0. The normalized spacial score (nSPS) is 10.9. The first-order valence-electron chi connectivity index (χ1n) is 14.2. The summed E-state index contributed by atoms with van der Waals surface area (Å²) in [5.74, 6) is 1.01. The Morgan fingerprint density at radius 2 is 0.912 bits per heavy atom. The fourth-order valence-electron chi connectivity index (χ4n) is 4.18. The summed E-state index contributed by atoms with van der Waals surface area (Å²) in [4.78, 5) is 12.1. The summed E-state index contributed by atoms with van der Waals surface area (Å²) in [6, 6.07) is 5.41. The van der Waals surface area contributed by atoms with E-state index in [4.69, 9.17) is 14.2 Å². The van der Waals surface area contributed by atoms with Gasteiger partial charge in [-0.25, -0.2) is 4.79 Å². The molecule has 196 valence electrons. The number of unbranched alkanes of at least 4 members (excludes halogenated alkanes) is 16. The third kappa shape index (κ3) is 16.0. The van der Waals surface area contributed by atoms with Gasteiger partial charge in [-0.15, -0.1) is 0 Å². The van der Waals surface area contributed by atoms with Crippen LogP contribution in [-0.2, 0) is 4.74 Å². The number of carbonyl (C=O) groups is 1. The Balaban J connectivity index is 2.28. The molecule has 0 aliphatic heterocycles. The molecule has 1 aromatic carbocycles. The highest BCUT2D eigenvalue weighted by atomic mass is 16.5. The largest absolute Gasteiger partial charge is 0.493 e. The van der Waals surface area contributed by atoms with Gasteiger partial charge in [0.2, 0.25) is 0 Å². The van der Waals surface area contributed by atoms with E-state index >= 15 is 0 Å². The fraction of sp³-hybridized carbons (Fsp3) is 0.767. The van der Waals surface area contributed by atoms with E-state index < -0.39 is 0 Å². The average molecular weight is 477 g/mol. The van der Waals surface area contributed by atoms with Crippen molar-refractivity contribution in [3.63, 3.8) is 0 Å². The zero-order valence-corrected chi connectivity index (χ0v) is 22.5. The maximum atomic E-state index is 12.1. The second-order valence-corrected chi connectivity index (χ2v) is 9.54. The topological polar surface area (TPSA) is 44.8 Å². The van der Waals surface area contributed by atoms with Gasteiger partial charge in [-0.1, -0.05) is 117 Å². The molecular formula is C30H52O4. The molecule has 0 bridgehead atoms. The van der Waals surface area contributed by atoms with Crippen LogP contribution in [0.4, 0.5) is 0 Å². The van der Waals surface area contributed by atoms with Gasteiger partial charge in [0.15, 0.2) is 0 Å². The van der Waals surface area contributed by atoms with Crippen LogP contribution < -0.4 is 9.47 Å². The van der Waals surface area contributed by atoms with Crippen molar-refractivity contribution in [2.45, 2.75) is 129 Å². The lowest BCUT2D eigenvalue weighted by Gasteiger charge is -2.12. The van der Waals surface area contributed by atoms with E-state index in [1.165, 1.54) is 110 Å². The molecule has 0 heterocycles. The van der Waals surface area contributed by atoms with E-state index in [2.05, 4.69) is 13.8 Å². The van der Waals surface area contributed by atoms with Crippen LogP contribution in [0.15, 0.2) is 18.2 Å². The smallest absolute Gasteiger partial charge is 0.338 e. The summed E-state index contributed by atoms with van der Waals surface area (Å²) in [6.07, 6.45) is 23.1. The number of methoxy groups -OCH3 is 1. The maximum absolute atomic E-state index is 12.1. The van der Waals surface area contributed by atoms with Crippen molar-refractivity contribution < 1.29 is 19.0 Å². The Kier molecular flexibility index (Phi) is 19.4. The van der Waals surface area contributed by atoms with Gasteiger partial charge in [0.05, 0.1) is 25.9 Å². The van der Waals surface area contributed by atoms with E-state index in [1.807, 2.05) is 6.07 Å². The Morgan fingerprint density at radius 1 is 0.559 bits per heavy atom. The molecule has 0 unspecified atom stereocenters. The Hall–Kier alpha value is -1.71. The van der Waals surface area contributed by atoms with Gasteiger partial charge in [-0.05, 0) is 25.0 Å². The average Bonchev–Trinajstić information content (AvgIpc) is 2.85. The molecule has 4 nitrogen and oxygen atoms in total. The fourth-order valence-corrected chi connectivity index (χ4v) is 4.18. The molecule has 0 amide bonds. The number of esters is 1. The SMILES string of the molecule is CCCCCCCCCCCOc1cc(OCCCCCCCCCCC)cc(C(=O)OC)c1. The minimum atomic E-state index is -0.360. The third-order valence-electron chi connectivity index (χ3n) is 6.33. The van der Waals surface area contributed by atoms with Gasteiger partial charge in [0, 0.05) is 6.07 Å². The summed E-state index contributed by atoms with van der Waals surface area (Å²) < 4.78 is 16.8. The summed E-state index contributed by atoms with van der Waals surface area (Å²) in [7, 11) is 1.40. The molecular weight excluding hydrogens is 424 g/mol. The molecule has 0 N–H and O–H groups in total. The van der Waals surface area contributed by atoms with E-state index in [1.54, 1.807) is 12.1 Å². The lowest BCUT2D eigenvalue weighted by molar-refractivity contribution is 0.0599. The second kappa shape index (κ2) is 21.8. The molecule has 4 heteroatoms. The van der Waals surface area contributed by atoms with Crippen LogP contribution in [-0.4, -0.2) is 26.3 Å². The second-order valence-electron chi connectivity index (χ2n) is 9.54. The van der Waals surface area contributed by atoms with Crippen LogP contribution >= 0.6 is 0 Å². The van der Waals surface area contributed by atoms with Crippen molar-refractivity contribution in [1.82, 2.24) is 0 Å². The predicted molar refractivity (Wildman–Crippen MR) is 143 cm³/mol. The van der Waals surface area contributed by atoms with Gasteiger partial charge in [0.1, 0.15) is 11.5 Å². The number of ether oxygens (including phenoxy) is 3. The molecule has 0 atom stereocenters. The Labute approximate surface area is 210 Å². The first kappa shape index (κ1) is 30.3. The van der Waals surface area contributed by atoms with Crippen molar-refractivity contribution in [1.29, 1.82) is 0 Å². The summed E-state index contributed by atoms with van der Waals surface area (Å²) in [5.41, 5.74) is 0.481. The number of hydrogen-bond donors (Lipinski definition) is 0. The van der Waals surface area contributed by atoms with Crippen LogP contribution in [0.5, 0.6) is 11.5 Å². The summed E-state index contributed by atoms with van der Waals surface area (Å²) >= 11 is 0. The van der Waals surface area contributed by atoms with E-state index in [0.717, 1.165) is 12.8 Å². The Morgan fingerprint density at radius 3 is 1.26 bits per heavy atom. The summed E-state index contributed by atoms with van der Waals surface area (Å²) in [6.45, 7) is 5.85. The molecule has 0 fully saturated rings.